The fourth-order valence-corrected chi connectivity index (χ4v) is 4.63. The number of ether oxygens (including phenoxy) is 2. The molecule has 0 unspecified atom stereocenters. The molecule has 3 aromatic rings. The molecule has 6 nitrogen and oxygen atoms in total. The van der Waals surface area contributed by atoms with E-state index in [-0.39, 0.29) is 5.97 Å². The van der Waals surface area contributed by atoms with Crippen molar-refractivity contribution in [2.45, 2.75) is 45.1 Å². The molecule has 0 aliphatic carbocycles. The number of carbonyl (C=O) groups excluding carboxylic acids is 1. The number of hydrogen-bond acceptors (Lipinski definition) is 5. The fourth-order valence-electron chi connectivity index (χ4n) is 4.63. The quantitative estimate of drug-likeness (QED) is 0.448. The van der Waals surface area contributed by atoms with Crippen LogP contribution in [0.4, 0.5) is 0 Å². The average Bonchev–Trinajstić information content (AvgIpc) is 3.21. The van der Waals surface area contributed by atoms with E-state index in [2.05, 4.69) is 33.6 Å². The zero-order chi connectivity index (χ0) is 22.3. The SMILES string of the molecule is CCCCn1cc(C2CCN(CCOc3ccccc3C(=O)OC)CC2)c2ccncc21. The van der Waals surface area contributed by atoms with Gasteiger partial charge >= 0.3 is 5.97 Å². The number of rotatable bonds is 9. The van der Waals surface area contributed by atoms with Crippen molar-refractivity contribution in [1.29, 1.82) is 0 Å². The van der Waals surface area contributed by atoms with Gasteiger partial charge in [0.25, 0.3) is 0 Å². The highest BCUT2D eigenvalue weighted by Crippen LogP contribution is 2.34. The maximum Gasteiger partial charge on any atom is 0.341 e. The topological polar surface area (TPSA) is 56.6 Å². The molecule has 4 rings (SSSR count). The molecule has 6 heteroatoms. The van der Waals surface area contributed by atoms with Crippen LogP contribution in [0.1, 0.15) is 54.4 Å². The molecule has 1 aliphatic rings. The lowest BCUT2D eigenvalue weighted by molar-refractivity contribution is 0.0595. The molecule has 1 aromatic carbocycles. The largest absolute Gasteiger partial charge is 0.491 e. The number of unbranched alkanes of at least 4 members (excludes halogenated alkanes) is 1. The number of hydrogen-bond donors (Lipinski definition) is 0. The molecule has 0 atom stereocenters. The summed E-state index contributed by atoms with van der Waals surface area (Å²) in [5.41, 5.74) is 3.21. The summed E-state index contributed by atoms with van der Waals surface area (Å²) in [4.78, 5) is 18.7. The molecule has 2 aromatic heterocycles. The maximum absolute atomic E-state index is 11.9. The van der Waals surface area contributed by atoms with E-state index in [0.717, 1.165) is 39.0 Å². The van der Waals surface area contributed by atoms with Gasteiger partial charge in [-0.25, -0.2) is 4.79 Å². The standard InChI is InChI=1S/C26H33N3O3/c1-3-4-13-29-19-23(21-9-12-27-18-24(21)29)20-10-14-28(15-11-20)16-17-32-25-8-6-5-7-22(25)26(30)31-2/h5-9,12,18-20H,3-4,10-11,13-17H2,1-2H3. The van der Waals surface area contributed by atoms with Crippen molar-refractivity contribution in [3.63, 3.8) is 0 Å². The van der Waals surface area contributed by atoms with Gasteiger partial charge in [-0.2, -0.15) is 0 Å². The number of carbonyl (C=O) groups is 1. The Kier molecular flexibility index (Phi) is 7.43. The molecule has 0 amide bonds. The normalized spacial score (nSPS) is 15.2. The first-order valence-electron chi connectivity index (χ1n) is 11.7. The summed E-state index contributed by atoms with van der Waals surface area (Å²) in [5, 5.41) is 1.36. The number of esters is 1. The molecule has 0 saturated carbocycles. The minimum Gasteiger partial charge on any atom is -0.491 e. The van der Waals surface area contributed by atoms with Gasteiger partial charge in [-0.3, -0.25) is 9.88 Å². The summed E-state index contributed by atoms with van der Waals surface area (Å²) >= 11 is 0. The molecule has 1 saturated heterocycles. The van der Waals surface area contributed by atoms with Gasteiger partial charge in [-0.15, -0.1) is 0 Å². The van der Waals surface area contributed by atoms with Gasteiger partial charge in [0, 0.05) is 30.9 Å². The van der Waals surface area contributed by atoms with Crippen LogP contribution in [0.5, 0.6) is 5.75 Å². The summed E-state index contributed by atoms with van der Waals surface area (Å²) in [6.07, 6.45) is 11.0. The Hall–Kier alpha value is -2.86. The molecule has 1 aliphatic heterocycles. The minimum absolute atomic E-state index is 0.366. The number of likely N-dealkylation sites (tertiary alicyclic amines) is 1. The smallest absolute Gasteiger partial charge is 0.341 e. The van der Waals surface area contributed by atoms with Crippen molar-refractivity contribution in [2.24, 2.45) is 0 Å². The van der Waals surface area contributed by atoms with E-state index in [9.17, 15) is 4.79 Å². The Balaban J connectivity index is 1.33. The first-order valence-corrected chi connectivity index (χ1v) is 11.7. The van der Waals surface area contributed by atoms with Gasteiger partial charge in [0.2, 0.25) is 0 Å². The number of methoxy groups -OCH3 is 1. The lowest BCUT2D eigenvalue weighted by Crippen LogP contribution is -2.35. The third kappa shape index (κ3) is 4.96. The predicted molar refractivity (Wildman–Crippen MR) is 126 cm³/mol. The van der Waals surface area contributed by atoms with Crippen LogP contribution in [0.15, 0.2) is 48.9 Å². The zero-order valence-electron chi connectivity index (χ0n) is 19.1. The van der Waals surface area contributed by atoms with Crippen LogP contribution in [0.3, 0.4) is 0 Å². The highest BCUT2D eigenvalue weighted by molar-refractivity contribution is 5.92. The maximum atomic E-state index is 11.9. The summed E-state index contributed by atoms with van der Waals surface area (Å²) in [7, 11) is 1.39. The Morgan fingerprint density at radius 3 is 2.75 bits per heavy atom. The summed E-state index contributed by atoms with van der Waals surface area (Å²) in [6, 6.07) is 9.42. The molecule has 0 spiro atoms. The Morgan fingerprint density at radius 1 is 1.16 bits per heavy atom. The van der Waals surface area contributed by atoms with Crippen molar-refractivity contribution in [3.05, 3.63) is 60.0 Å². The van der Waals surface area contributed by atoms with E-state index in [1.54, 1.807) is 6.07 Å². The summed E-state index contributed by atoms with van der Waals surface area (Å²) in [5.74, 6) is 0.803. The van der Waals surface area contributed by atoms with E-state index in [1.165, 1.54) is 36.4 Å². The first-order chi connectivity index (χ1) is 15.7. The molecular weight excluding hydrogens is 402 g/mol. The minimum atomic E-state index is -0.366. The van der Waals surface area contributed by atoms with Crippen molar-refractivity contribution >= 4 is 16.9 Å². The lowest BCUT2D eigenvalue weighted by atomic mass is 9.89. The first kappa shape index (κ1) is 22.3. The van der Waals surface area contributed by atoms with Gasteiger partial charge in [0.05, 0.1) is 18.8 Å². The number of para-hydroxylation sites is 1. The van der Waals surface area contributed by atoms with Crippen molar-refractivity contribution in [3.8, 4) is 5.75 Å². The molecule has 170 valence electrons. The van der Waals surface area contributed by atoms with E-state index in [4.69, 9.17) is 9.47 Å². The highest BCUT2D eigenvalue weighted by Gasteiger charge is 2.24. The number of fused-ring (bicyclic) bond motifs is 1. The van der Waals surface area contributed by atoms with Crippen LogP contribution >= 0.6 is 0 Å². The Labute approximate surface area is 190 Å². The lowest BCUT2D eigenvalue weighted by Gasteiger charge is -2.31. The van der Waals surface area contributed by atoms with Crippen LogP contribution < -0.4 is 4.74 Å². The molecule has 0 bridgehead atoms. The Morgan fingerprint density at radius 2 is 1.97 bits per heavy atom. The Bertz CT molecular complexity index is 1040. The average molecular weight is 436 g/mol. The molecule has 1 fully saturated rings. The van der Waals surface area contributed by atoms with Crippen LogP contribution in [-0.4, -0.2) is 53.8 Å². The monoisotopic (exact) mass is 435 g/mol. The van der Waals surface area contributed by atoms with E-state index >= 15 is 0 Å². The number of aryl methyl sites for hydroxylation is 1. The molecule has 0 radical (unpaired) electrons. The van der Waals surface area contributed by atoms with Crippen LogP contribution in [0, 0.1) is 0 Å². The summed E-state index contributed by atoms with van der Waals surface area (Å²) < 4.78 is 13.2. The van der Waals surface area contributed by atoms with Crippen molar-refractivity contribution < 1.29 is 14.3 Å². The highest BCUT2D eigenvalue weighted by atomic mass is 16.5. The third-order valence-electron chi connectivity index (χ3n) is 6.45. The number of benzene rings is 1. The number of pyridine rings is 1. The van der Waals surface area contributed by atoms with Crippen LogP contribution in [0.2, 0.25) is 0 Å². The van der Waals surface area contributed by atoms with E-state index in [0.29, 0.717) is 23.8 Å². The zero-order valence-corrected chi connectivity index (χ0v) is 19.1. The van der Waals surface area contributed by atoms with E-state index < -0.39 is 0 Å². The van der Waals surface area contributed by atoms with Gasteiger partial charge in [-0.05, 0) is 62.0 Å². The molecule has 3 heterocycles. The molecular formula is C26H33N3O3. The van der Waals surface area contributed by atoms with Gasteiger partial charge < -0.3 is 14.0 Å². The molecule has 0 N–H and O–H groups in total. The van der Waals surface area contributed by atoms with Gasteiger partial charge in [0.1, 0.15) is 17.9 Å². The van der Waals surface area contributed by atoms with Gasteiger partial charge in [0.15, 0.2) is 0 Å². The number of piperidine rings is 1. The van der Waals surface area contributed by atoms with Crippen LogP contribution in [-0.2, 0) is 11.3 Å². The van der Waals surface area contributed by atoms with E-state index in [1.807, 2.05) is 30.6 Å². The number of nitrogens with zero attached hydrogens (tertiary/aromatic N) is 3. The second-order valence-electron chi connectivity index (χ2n) is 8.48. The van der Waals surface area contributed by atoms with Crippen molar-refractivity contribution in [2.75, 3.05) is 33.4 Å². The second kappa shape index (κ2) is 10.6. The van der Waals surface area contributed by atoms with Crippen LogP contribution in [0.25, 0.3) is 10.9 Å². The second-order valence-corrected chi connectivity index (χ2v) is 8.48. The van der Waals surface area contributed by atoms with Crippen molar-refractivity contribution in [1.82, 2.24) is 14.5 Å². The fraction of sp³-hybridized carbons (Fsp3) is 0.462. The summed E-state index contributed by atoms with van der Waals surface area (Å²) in [6.45, 7) is 6.81. The van der Waals surface area contributed by atoms with Gasteiger partial charge in [-0.1, -0.05) is 25.5 Å². The predicted octanol–water partition coefficient (Wildman–Crippen LogP) is 4.88. The third-order valence-corrected chi connectivity index (χ3v) is 6.45. The molecule has 32 heavy (non-hydrogen) atoms. The number of aromatic nitrogens is 2.